The third-order valence-electron chi connectivity index (χ3n) is 3.02. The molecule has 0 saturated carbocycles. The summed E-state index contributed by atoms with van der Waals surface area (Å²) in [7, 11) is 0. The van der Waals surface area contributed by atoms with Crippen LogP contribution in [0.15, 0.2) is 6.07 Å². The largest absolute Gasteiger partial charge is 0.317 e. The highest BCUT2D eigenvalue weighted by molar-refractivity contribution is 5.10. The Morgan fingerprint density at radius 3 is 2.56 bits per heavy atom. The van der Waals surface area contributed by atoms with Crippen molar-refractivity contribution in [1.82, 2.24) is 20.4 Å². The molecule has 0 saturated heterocycles. The van der Waals surface area contributed by atoms with Gasteiger partial charge >= 0.3 is 0 Å². The molecule has 104 valence electrons. The normalized spacial score (nSPS) is 11.1. The van der Waals surface area contributed by atoms with Crippen molar-refractivity contribution < 1.29 is 0 Å². The van der Waals surface area contributed by atoms with E-state index in [2.05, 4.69) is 47.3 Å². The minimum absolute atomic E-state index is 0.925. The van der Waals surface area contributed by atoms with Crippen molar-refractivity contribution in [2.75, 3.05) is 19.6 Å². The molecule has 0 aromatic carbocycles. The summed E-state index contributed by atoms with van der Waals surface area (Å²) in [5.74, 6) is 0. The fourth-order valence-corrected chi connectivity index (χ4v) is 1.96. The van der Waals surface area contributed by atoms with Crippen LogP contribution in [0, 0.1) is 0 Å². The van der Waals surface area contributed by atoms with Gasteiger partial charge in [0.15, 0.2) is 0 Å². The fourth-order valence-electron chi connectivity index (χ4n) is 1.96. The van der Waals surface area contributed by atoms with Gasteiger partial charge < -0.3 is 10.6 Å². The van der Waals surface area contributed by atoms with Crippen LogP contribution < -0.4 is 10.6 Å². The van der Waals surface area contributed by atoms with Gasteiger partial charge in [0.2, 0.25) is 0 Å². The molecule has 0 bridgehead atoms. The van der Waals surface area contributed by atoms with Crippen molar-refractivity contribution in [3.8, 4) is 0 Å². The molecule has 0 aliphatic carbocycles. The van der Waals surface area contributed by atoms with Crippen LogP contribution in [0.5, 0.6) is 0 Å². The third-order valence-corrected chi connectivity index (χ3v) is 3.02. The van der Waals surface area contributed by atoms with E-state index in [1.165, 1.54) is 24.2 Å². The lowest BCUT2D eigenvalue weighted by Crippen LogP contribution is -2.23. The van der Waals surface area contributed by atoms with Crippen molar-refractivity contribution >= 4 is 0 Å². The summed E-state index contributed by atoms with van der Waals surface area (Å²) in [6.45, 7) is 11.7. The second kappa shape index (κ2) is 9.11. The maximum absolute atomic E-state index is 4.55. The van der Waals surface area contributed by atoms with Crippen LogP contribution in [-0.2, 0) is 19.5 Å². The van der Waals surface area contributed by atoms with Crippen molar-refractivity contribution in [2.45, 2.75) is 53.1 Å². The lowest BCUT2D eigenvalue weighted by Gasteiger charge is -2.07. The first-order chi connectivity index (χ1) is 8.81. The highest BCUT2D eigenvalue weighted by Crippen LogP contribution is 2.05. The number of aromatic nitrogens is 2. The maximum atomic E-state index is 4.55. The number of hydrogen-bond acceptors (Lipinski definition) is 3. The average Bonchev–Trinajstić information content (AvgIpc) is 2.80. The zero-order valence-corrected chi connectivity index (χ0v) is 12.1. The van der Waals surface area contributed by atoms with Crippen LogP contribution in [0.25, 0.3) is 0 Å². The van der Waals surface area contributed by atoms with Gasteiger partial charge in [0.05, 0.1) is 11.4 Å². The van der Waals surface area contributed by atoms with Crippen molar-refractivity contribution in [3.05, 3.63) is 17.5 Å². The quantitative estimate of drug-likeness (QED) is 0.625. The summed E-state index contributed by atoms with van der Waals surface area (Å²) in [5.41, 5.74) is 2.49. The predicted octanol–water partition coefficient (Wildman–Crippen LogP) is 1.94. The van der Waals surface area contributed by atoms with Gasteiger partial charge in [-0.1, -0.05) is 13.8 Å². The Hall–Kier alpha value is -0.870. The van der Waals surface area contributed by atoms with E-state index in [-0.39, 0.29) is 0 Å². The molecule has 1 aromatic rings. The van der Waals surface area contributed by atoms with E-state index in [0.717, 1.165) is 39.1 Å². The van der Waals surface area contributed by atoms with E-state index < -0.39 is 0 Å². The first-order valence-corrected chi connectivity index (χ1v) is 7.28. The molecule has 18 heavy (non-hydrogen) atoms. The molecule has 0 unspecified atom stereocenters. The Morgan fingerprint density at radius 1 is 1.11 bits per heavy atom. The molecule has 0 fully saturated rings. The summed E-state index contributed by atoms with van der Waals surface area (Å²) in [5, 5.41) is 11.5. The van der Waals surface area contributed by atoms with Gasteiger partial charge in [-0.25, -0.2) is 0 Å². The van der Waals surface area contributed by atoms with E-state index in [1.807, 2.05) is 0 Å². The van der Waals surface area contributed by atoms with Crippen LogP contribution in [0.4, 0.5) is 0 Å². The monoisotopic (exact) mass is 252 g/mol. The van der Waals surface area contributed by atoms with Crippen LogP contribution in [0.3, 0.4) is 0 Å². The van der Waals surface area contributed by atoms with Crippen LogP contribution in [-0.4, -0.2) is 29.4 Å². The van der Waals surface area contributed by atoms with E-state index >= 15 is 0 Å². The predicted molar refractivity (Wildman–Crippen MR) is 76.8 cm³/mol. The maximum Gasteiger partial charge on any atom is 0.0625 e. The minimum Gasteiger partial charge on any atom is -0.317 e. The second-order valence-corrected chi connectivity index (χ2v) is 4.58. The number of rotatable bonds is 10. The van der Waals surface area contributed by atoms with Gasteiger partial charge in [-0.15, -0.1) is 0 Å². The van der Waals surface area contributed by atoms with Gasteiger partial charge in [0, 0.05) is 13.1 Å². The fraction of sp³-hybridized carbons (Fsp3) is 0.786. The number of nitrogens with zero attached hydrogens (tertiary/aromatic N) is 2. The van der Waals surface area contributed by atoms with E-state index in [4.69, 9.17) is 0 Å². The summed E-state index contributed by atoms with van der Waals surface area (Å²) in [6, 6.07) is 2.21. The van der Waals surface area contributed by atoms with Crippen molar-refractivity contribution in [1.29, 1.82) is 0 Å². The van der Waals surface area contributed by atoms with Gasteiger partial charge in [0.25, 0.3) is 0 Å². The molecule has 4 nitrogen and oxygen atoms in total. The Morgan fingerprint density at radius 2 is 1.89 bits per heavy atom. The van der Waals surface area contributed by atoms with Crippen LogP contribution in [0.2, 0.25) is 0 Å². The molecule has 0 radical (unpaired) electrons. The SMILES string of the molecule is CCCNCCCNCc1cc(CC)nn1CC. The molecule has 1 heterocycles. The number of aryl methyl sites for hydroxylation is 2. The van der Waals surface area contributed by atoms with Gasteiger partial charge in [-0.05, 0) is 51.9 Å². The Balaban J connectivity index is 2.20. The van der Waals surface area contributed by atoms with Crippen molar-refractivity contribution in [2.24, 2.45) is 0 Å². The minimum atomic E-state index is 0.925. The Kier molecular flexibility index (Phi) is 7.69. The highest BCUT2D eigenvalue weighted by Gasteiger charge is 2.04. The van der Waals surface area contributed by atoms with E-state index in [1.54, 1.807) is 0 Å². The van der Waals surface area contributed by atoms with Gasteiger partial charge in [-0.2, -0.15) is 5.10 Å². The highest BCUT2D eigenvalue weighted by atomic mass is 15.3. The molecule has 1 aromatic heterocycles. The molecule has 4 heteroatoms. The van der Waals surface area contributed by atoms with Crippen LogP contribution >= 0.6 is 0 Å². The second-order valence-electron chi connectivity index (χ2n) is 4.58. The molecular formula is C14H28N4. The molecular weight excluding hydrogens is 224 g/mol. The first-order valence-electron chi connectivity index (χ1n) is 7.28. The standard InChI is InChI=1S/C14H28N4/c1-4-8-15-9-7-10-16-12-14-11-13(5-2)17-18(14)6-3/h11,15-16H,4-10,12H2,1-3H3. The summed E-state index contributed by atoms with van der Waals surface area (Å²) in [4.78, 5) is 0. The summed E-state index contributed by atoms with van der Waals surface area (Å²) < 4.78 is 2.10. The lowest BCUT2D eigenvalue weighted by molar-refractivity contribution is 0.556. The lowest BCUT2D eigenvalue weighted by atomic mass is 10.3. The molecule has 2 N–H and O–H groups in total. The van der Waals surface area contributed by atoms with E-state index in [0.29, 0.717) is 0 Å². The summed E-state index contributed by atoms with van der Waals surface area (Å²) >= 11 is 0. The zero-order valence-electron chi connectivity index (χ0n) is 12.1. The topological polar surface area (TPSA) is 41.9 Å². The van der Waals surface area contributed by atoms with E-state index in [9.17, 15) is 0 Å². The van der Waals surface area contributed by atoms with Crippen molar-refractivity contribution in [3.63, 3.8) is 0 Å². The third kappa shape index (κ3) is 5.19. The van der Waals surface area contributed by atoms with Crippen LogP contribution in [0.1, 0.15) is 45.0 Å². The summed E-state index contributed by atoms with van der Waals surface area (Å²) in [6.07, 6.45) is 3.41. The van der Waals surface area contributed by atoms with Gasteiger partial charge in [0.1, 0.15) is 0 Å². The molecule has 0 spiro atoms. The molecule has 0 atom stereocenters. The number of nitrogens with one attached hydrogen (secondary N) is 2. The Bertz CT molecular complexity index is 320. The smallest absolute Gasteiger partial charge is 0.0625 e. The molecule has 0 aliphatic rings. The molecule has 0 aliphatic heterocycles. The first kappa shape index (κ1) is 15.2. The Labute approximate surface area is 111 Å². The molecule has 1 rings (SSSR count). The number of hydrogen-bond donors (Lipinski definition) is 2. The average molecular weight is 252 g/mol. The zero-order chi connectivity index (χ0) is 13.2. The molecule has 0 amide bonds. The van der Waals surface area contributed by atoms with Gasteiger partial charge in [-0.3, -0.25) is 4.68 Å².